The van der Waals surface area contributed by atoms with Gasteiger partial charge in [-0.15, -0.1) is 0 Å². The third-order valence-electron chi connectivity index (χ3n) is 1.74. The van der Waals surface area contributed by atoms with Gasteiger partial charge in [0.1, 0.15) is 17.6 Å². The molecule has 0 saturated heterocycles. The number of hydrogen-bond donors (Lipinski definition) is 2. The second-order valence-electron chi connectivity index (χ2n) is 2.75. The summed E-state index contributed by atoms with van der Waals surface area (Å²) in [6, 6.07) is 0. The summed E-state index contributed by atoms with van der Waals surface area (Å²) in [7, 11) is 1.58. The Bertz CT molecular complexity index is 280. The van der Waals surface area contributed by atoms with Gasteiger partial charge in [-0.2, -0.15) is 5.10 Å². The Labute approximate surface area is 79.2 Å². The van der Waals surface area contributed by atoms with Crippen molar-refractivity contribution in [2.24, 2.45) is 7.05 Å². The number of aliphatic hydroxyl groups is 2. The molecule has 0 aliphatic rings. The lowest BCUT2D eigenvalue weighted by Crippen LogP contribution is -2.09. The molecule has 0 fully saturated rings. The first-order valence-electron chi connectivity index (χ1n) is 3.68. The van der Waals surface area contributed by atoms with E-state index in [2.05, 4.69) is 5.10 Å². The van der Waals surface area contributed by atoms with Crippen molar-refractivity contribution in [1.29, 1.82) is 0 Å². The van der Waals surface area contributed by atoms with Gasteiger partial charge in [-0.05, 0) is 18.1 Å². The minimum absolute atomic E-state index is 0.193. The Balaban J connectivity index is 3.29. The van der Waals surface area contributed by atoms with E-state index in [4.69, 9.17) is 10.2 Å². The van der Waals surface area contributed by atoms with E-state index in [0.717, 1.165) is 0 Å². The summed E-state index contributed by atoms with van der Waals surface area (Å²) >= 11 is -1.26. The maximum Gasteiger partial charge on any atom is 0.201 e. The Morgan fingerprint density at radius 1 is 1.54 bits per heavy atom. The van der Waals surface area contributed by atoms with Crippen molar-refractivity contribution in [3.05, 3.63) is 11.4 Å². The van der Waals surface area contributed by atoms with Gasteiger partial charge in [0.15, 0.2) is 0 Å². The number of aryl methyl sites for hydroxylation is 2. The van der Waals surface area contributed by atoms with E-state index in [1.807, 2.05) is 0 Å². The van der Waals surface area contributed by atoms with Gasteiger partial charge in [0.25, 0.3) is 0 Å². The van der Waals surface area contributed by atoms with Crippen molar-refractivity contribution >= 4 is 11.2 Å². The van der Waals surface area contributed by atoms with Gasteiger partial charge in [0, 0.05) is 7.05 Å². The Morgan fingerprint density at radius 2 is 2.08 bits per heavy atom. The zero-order valence-corrected chi connectivity index (χ0v) is 8.50. The summed E-state index contributed by atoms with van der Waals surface area (Å²) < 4.78 is 12.6. The number of nitrogens with zero attached hydrogens (tertiary/aromatic N) is 2. The van der Waals surface area contributed by atoms with Gasteiger partial charge in [0.2, 0.25) is 11.2 Å². The first-order valence-corrected chi connectivity index (χ1v) is 5.24. The smallest absolute Gasteiger partial charge is 0.201 e. The fourth-order valence-electron chi connectivity index (χ4n) is 1.30. The molecule has 2 N–H and O–H groups in total. The largest absolute Gasteiger partial charge is 0.612 e. The van der Waals surface area contributed by atoms with Gasteiger partial charge < -0.3 is 14.8 Å². The van der Waals surface area contributed by atoms with Crippen LogP contribution in [-0.4, -0.2) is 30.8 Å². The van der Waals surface area contributed by atoms with Crippen molar-refractivity contribution in [1.82, 2.24) is 9.78 Å². The van der Waals surface area contributed by atoms with Crippen molar-refractivity contribution in [2.75, 3.05) is 6.26 Å². The topological polar surface area (TPSA) is 81.3 Å². The molecule has 1 aromatic heterocycles. The van der Waals surface area contributed by atoms with Crippen molar-refractivity contribution in [3.8, 4) is 0 Å². The predicted molar refractivity (Wildman–Crippen MR) is 47.5 cm³/mol. The number of aromatic nitrogens is 2. The molecule has 74 valence electrons. The summed E-state index contributed by atoms with van der Waals surface area (Å²) in [5, 5.41) is 22.0. The highest BCUT2D eigenvalue weighted by atomic mass is 32.2. The van der Waals surface area contributed by atoms with Gasteiger partial charge >= 0.3 is 0 Å². The molecule has 1 atom stereocenters. The van der Waals surface area contributed by atoms with Crippen LogP contribution in [0.2, 0.25) is 0 Å². The van der Waals surface area contributed by atoms with Gasteiger partial charge in [-0.25, -0.2) is 0 Å². The molecule has 6 heteroatoms. The monoisotopic (exact) mass is 204 g/mol. The van der Waals surface area contributed by atoms with Crippen LogP contribution >= 0.6 is 0 Å². The van der Waals surface area contributed by atoms with Crippen molar-refractivity contribution in [2.45, 2.75) is 18.1 Å². The molecule has 0 radical (unpaired) electrons. The average molecular weight is 204 g/mol. The number of hydrogen-bond acceptors (Lipinski definition) is 4. The predicted octanol–water partition coefficient (Wildman–Crippen LogP) is -0.551. The third kappa shape index (κ3) is 1.86. The van der Waals surface area contributed by atoms with E-state index in [1.165, 1.54) is 10.9 Å². The van der Waals surface area contributed by atoms with Crippen LogP contribution in [0.25, 0.3) is 0 Å². The highest BCUT2D eigenvalue weighted by Crippen LogP contribution is 2.23. The molecule has 0 saturated carbocycles. The van der Waals surface area contributed by atoms with Crippen LogP contribution in [0.15, 0.2) is 4.90 Å². The maximum absolute atomic E-state index is 11.2. The van der Waals surface area contributed by atoms with Crippen LogP contribution in [0.3, 0.4) is 0 Å². The highest BCUT2D eigenvalue weighted by molar-refractivity contribution is 7.90. The highest BCUT2D eigenvalue weighted by Gasteiger charge is 2.25. The fraction of sp³-hybridized carbons (Fsp3) is 0.571. The fourth-order valence-corrected chi connectivity index (χ4v) is 2.29. The first kappa shape index (κ1) is 10.5. The first-order chi connectivity index (χ1) is 5.95. The second-order valence-corrected chi connectivity index (χ2v) is 4.07. The van der Waals surface area contributed by atoms with E-state index in [-0.39, 0.29) is 5.69 Å². The molecule has 0 bridgehead atoms. The van der Waals surface area contributed by atoms with E-state index in [9.17, 15) is 4.55 Å². The van der Waals surface area contributed by atoms with Crippen LogP contribution in [0, 0.1) is 6.92 Å². The lowest BCUT2D eigenvalue weighted by atomic mass is 10.3. The molecular formula is C7H12N2O3S. The SMILES string of the molecule is Cc1nn(C)c(C(O)O)c1[S+](C)[O-]. The Morgan fingerprint density at radius 3 is 2.38 bits per heavy atom. The molecule has 5 nitrogen and oxygen atoms in total. The molecule has 0 spiro atoms. The van der Waals surface area contributed by atoms with Gasteiger partial charge in [-0.3, -0.25) is 4.68 Å². The van der Waals surface area contributed by atoms with Crippen molar-refractivity contribution in [3.63, 3.8) is 0 Å². The molecule has 0 aromatic carbocycles. The summed E-state index contributed by atoms with van der Waals surface area (Å²) in [5.41, 5.74) is 0.754. The van der Waals surface area contributed by atoms with E-state index in [1.54, 1.807) is 14.0 Å². The Kier molecular flexibility index (Phi) is 2.97. The summed E-state index contributed by atoms with van der Waals surface area (Å²) in [5.74, 6) is 0. The standard InChI is InChI=1S/C7H12N2O3S/c1-4-6(13(3)12)5(7(10)11)9(2)8-4/h7,10-11H,1-3H3. The quantitative estimate of drug-likeness (QED) is 0.500. The minimum Gasteiger partial charge on any atom is -0.612 e. The van der Waals surface area contributed by atoms with Crippen LogP contribution in [0.4, 0.5) is 0 Å². The van der Waals surface area contributed by atoms with E-state index >= 15 is 0 Å². The molecule has 0 aliphatic carbocycles. The van der Waals surface area contributed by atoms with E-state index < -0.39 is 17.5 Å². The Hall–Kier alpha value is -0.560. The number of rotatable bonds is 2. The minimum atomic E-state index is -1.63. The van der Waals surface area contributed by atoms with E-state index in [0.29, 0.717) is 10.6 Å². The molecular weight excluding hydrogens is 192 g/mol. The maximum atomic E-state index is 11.2. The van der Waals surface area contributed by atoms with Gasteiger partial charge in [0.05, 0.1) is 0 Å². The normalized spacial score (nSPS) is 13.8. The molecule has 13 heavy (non-hydrogen) atoms. The molecule has 0 amide bonds. The average Bonchev–Trinajstić information content (AvgIpc) is 2.24. The zero-order chi connectivity index (χ0) is 10.2. The summed E-state index contributed by atoms with van der Waals surface area (Å²) in [6.07, 6.45) is -0.152. The van der Waals surface area contributed by atoms with Gasteiger partial charge in [-0.1, -0.05) is 0 Å². The molecule has 0 aliphatic heterocycles. The van der Waals surface area contributed by atoms with Crippen LogP contribution in [-0.2, 0) is 18.2 Å². The third-order valence-corrected chi connectivity index (χ3v) is 2.82. The second kappa shape index (κ2) is 3.67. The summed E-state index contributed by atoms with van der Waals surface area (Å²) in [6.45, 7) is 1.68. The van der Waals surface area contributed by atoms with Crippen molar-refractivity contribution < 1.29 is 14.8 Å². The molecule has 1 rings (SSSR count). The molecule has 1 heterocycles. The lowest BCUT2D eigenvalue weighted by molar-refractivity contribution is -0.0506. The lowest BCUT2D eigenvalue weighted by Gasteiger charge is -2.08. The molecule has 1 unspecified atom stereocenters. The van der Waals surface area contributed by atoms with Crippen LogP contribution in [0.5, 0.6) is 0 Å². The summed E-state index contributed by atoms with van der Waals surface area (Å²) in [4.78, 5) is 0.400. The number of aliphatic hydroxyl groups excluding tert-OH is 1. The zero-order valence-electron chi connectivity index (χ0n) is 7.68. The van der Waals surface area contributed by atoms with Crippen LogP contribution in [0.1, 0.15) is 17.7 Å². The van der Waals surface area contributed by atoms with Crippen LogP contribution < -0.4 is 0 Å². The molecule has 1 aromatic rings.